The molecule has 0 aromatic carbocycles. The summed E-state index contributed by atoms with van der Waals surface area (Å²) in [6, 6.07) is 5.75. The second-order valence-electron chi connectivity index (χ2n) is 1.46. The Bertz CT molecular complexity index is 148. The van der Waals surface area contributed by atoms with Crippen molar-refractivity contribution in [2.24, 2.45) is 0 Å². The van der Waals surface area contributed by atoms with Crippen LogP contribution in [0.1, 0.15) is 7.43 Å². The Hall–Kier alpha value is -1.05. The Balaban J connectivity index is 0.000000640. The van der Waals surface area contributed by atoms with E-state index in [9.17, 15) is 0 Å². The second kappa shape index (κ2) is 3.89. The summed E-state index contributed by atoms with van der Waals surface area (Å²) in [7, 11) is 1.85. The smallest absolute Gasteiger partial charge is 0.125 e. The van der Waals surface area contributed by atoms with E-state index < -0.39 is 0 Å². The second-order valence-corrected chi connectivity index (χ2v) is 1.46. The molecule has 1 aromatic rings. The molecule has 0 unspecified atom stereocenters. The summed E-state index contributed by atoms with van der Waals surface area (Å²) in [5.41, 5.74) is 0. The molecule has 1 heterocycles. The minimum Gasteiger partial charge on any atom is -0.373 e. The largest absolute Gasteiger partial charge is 0.373 e. The molecule has 0 amide bonds. The molecule has 0 aliphatic heterocycles. The van der Waals surface area contributed by atoms with Crippen molar-refractivity contribution in [2.45, 2.75) is 7.43 Å². The van der Waals surface area contributed by atoms with Crippen LogP contribution in [0.3, 0.4) is 0 Å². The van der Waals surface area contributed by atoms with Gasteiger partial charge < -0.3 is 5.32 Å². The number of anilines is 1. The van der Waals surface area contributed by atoms with Gasteiger partial charge in [-0.2, -0.15) is 0 Å². The van der Waals surface area contributed by atoms with Gasteiger partial charge in [0.25, 0.3) is 0 Å². The zero-order valence-corrected chi connectivity index (χ0v) is 4.76. The van der Waals surface area contributed by atoms with E-state index in [1.165, 1.54) is 0 Å². The maximum atomic E-state index is 3.99. The first-order valence-electron chi connectivity index (χ1n) is 2.52. The fourth-order valence-electron chi connectivity index (χ4n) is 0.511. The van der Waals surface area contributed by atoms with Gasteiger partial charge in [0.05, 0.1) is 0 Å². The Morgan fingerprint density at radius 1 is 1.44 bits per heavy atom. The van der Waals surface area contributed by atoms with Crippen LogP contribution in [0.15, 0.2) is 24.4 Å². The first kappa shape index (κ1) is 7.95. The molecule has 0 atom stereocenters. The summed E-state index contributed by atoms with van der Waals surface area (Å²) in [6.07, 6.45) is 1.76. The van der Waals surface area contributed by atoms with Crippen LogP contribution in [0.4, 0.5) is 5.82 Å². The van der Waals surface area contributed by atoms with Gasteiger partial charge in [0, 0.05) is 13.2 Å². The van der Waals surface area contributed by atoms with Crippen molar-refractivity contribution >= 4 is 5.82 Å². The molecule has 50 valence electrons. The van der Waals surface area contributed by atoms with Crippen LogP contribution >= 0.6 is 0 Å². The number of pyridine rings is 1. The molecule has 0 fully saturated rings. The van der Waals surface area contributed by atoms with E-state index in [2.05, 4.69) is 10.3 Å². The summed E-state index contributed by atoms with van der Waals surface area (Å²) < 4.78 is 0. The summed E-state index contributed by atoms with van der Waals surface area (Å²) in [4.78, 5) is 3.99. The van der Waals surface area contributed by atoms with Gasteiger partial charge in [-0.25, -0.2) is 4.98 Å². The topological polar surface area (TPSA) is 24.9 Å². The molecule has 0 bridgehead atoms. The first-order valence-corrected chi connectivity index (χ1v) is 2.52. The van der Waals surface area contributed by atoms with Gasteiger partial charge in [0.1, 0.15) is 5.82 Å². The lowest BCUT2D eigenvalue weighted by molar-refractivity contribution is 1.29. The Morgan fingerprint density at radius 2 is 2.22 bits per heavy atom. The minimum absolute atomic E-state index is 0. The molecule has 1 N–H and O–H groups in total. The minimum atomic E-state index is 0. The van der Waals surface area contributed by atoms with E-state index in [1.54, 1.807) is 6.20 Å². The van der Waals surface area contributed by atoms with Crippen molar-refractivity contribution in [1.29, 1.82) is 0 Å². The van der Waals surface area contributed by atoms with E-state index in [4.69, 9.17) is 0 Å². The quantitative estimate of drug-likeness (QED) is 0.617. The van der Waals surface area contributed by atoms with Crippen LogP contribution in [0.2, 0.25) is 0 Å². The van der Waals surface area contributed by atoms with E-state index in [0.717, 1.165) is 5.82 Å². The monoisotopic (exact) mass is 124 g/mol. The van der Waals surface area contributed by atoms with Gasteiger partial charge >= 0.3 is 0 Å². The van der Waals surface area contributed by atoms with Crippen molar-refractivity contribution < 1.29 is 0 Å². The molecule has 0 saturated carbocycles. The number of hydrogen-bond donors (Lipinski definition) is 1. The zero-order valence-electron chi connectivity index (χ0n) is 4.76. The lowest BCUT2D eigenvalue weighted by atomic mass is 10.5. The third-order valence-electron chi connectivity index (χ3n) is 0.921. The van der Waals surface area contributed by atoms with Gasteiger partial charge in [-0.15, -0.1) is 0 Å². The predicted molar refractivity (Wildman–Crippen MR) is 40.5 cm³/mol. The number of aromatic nitrogens is 1. The molecule has 0 radical (unpaired) electrons. The average molecular weight is 124 g/mol. The fraction of sp³-hybridized carbons (Fsp3) is 0.286. The standard InChI is InChI=1S/C6H8N2.CH4/c1-7-6-4-2-3-5-8-6;/h2-5H,1H3,(H,7,8);1H4. The number of nitrogens with zero attached hydrogens (tertiary/aromatic N) is 1. The van der Waals surface area contributed by atoms with Crippen LogP contribution in [-0.4, -0.2) is 12.0 Å². The van der Waals surface area contributed by atoms with Gasteiger partial charge in [-0.05, 0) is 12.1 Å². The highest BCUT2D eigenvalue weighted by molar-refractivity contribution is 5.31. The van der Waals surface area contributed by atoms with Crippen molar-refractivity contribution in [1.82, 2.24) is 4.98 Å². The summed E-state index contributed by atoms with van der Waals surface area (Å²) in [5, 5.41) is 2.92. The van der Waals surface area contributed by atoms with Crippen molar-refractivity contribution in [3.63, 3.8) is 0 Å². The van der Waals surface area contributed by atoms with E-state index in [-0.39, 0.29) is 7.43 Å². The molecule has 0 aliphatic rings. The van der Waals surface area contributed by atoms with Crippen LogP contribution in [0, 0.1) is 0 Å². The molecule has 1 rings (SSSR count). The fourth-order valence-corrected chi connectivity index (χ4v) is 0.511. The van der Waals surface area contributed by atoms with Crippen molar-refractivity contribution in [2.75, 3.05) is 12.4 Å². The Labute approximate surface area is 55.9 Å². The third kappa shape index (κ3) is 2.13. The maximum Gasteiger partial charge on any atom is 0.125 e. The summed E-state index contributed by atoms with van der Waals surface area (Å²) in [6.45, 7) is 0. The van der Waals surface area contributed by atoms with Crippen LogP contribution < -0.4 is 5.32 Å². The molecule has 0 aliphatic carbocycles. The predicted octanol–water partition coefficient (Wildman–Crippen LogP) is 1.76. The van der Waals surface area contributed by atoms with Crippen LogP contribution in [0.25, 0.3) is 0 Å². The highest BCUT2D eigenvalue weighted by Crippen LogP contribution is 1.95. The summed E-state index contributed by atoms with van der Waals surface area (Å²) >= 11 is 0. The molecule has 1 aromatic heterocycles. The third-order valence-corrected chi connectivity index (χ3v) is 0.921. The van der Waals surface area contributed by atoms with Gasteiger partial charge in [-0.1, -0.05) is 13.5 Å². The molecular formula is C7H12N2. The van der Waals surface area contributed by atoms with Gasteiger partial charge in [-0.3, -0.25) is 0 Å². The van der Waals surface area contributed by atoms with Crippen molar-refractivity contribution in [3.05, 3.63) is 24.4 Å². The number of hydrogen-bond acceptors (Lipinski definition) is 2. The molecule has 2 heteroatoms. The molecule has 9 heavy (non-hydrogen) atoms. The zero-order chi connectivity index (χ0) is 5.82. The molecule has 0 saturated heterocycles. The van der Waals surface area contributed by atoms with E-state index in [0.29, 0.717) is 0 Å². The van der Waals surface area contributed by atoms with Crippen LogP contribution in [0.5, 0.6) is 0 Å². The van der Waals surface area contributed by atoms with E-state index >= 15 is 0 Å². The molecule has 2 nitrogen and oxygen atoms in total. The van der Waals surface area contributed by atoms with Gasteiger partial charge in [0.2, 0.25) is 0 Å². The van der Waals surface area contributed by atoms with Crippen LogP contribution in [-0.2, 0) is 0 Å². The average Bonchev–Trinajstić information content (AvgIpc) is 1.90. The maximum absolute atomic E-state index is 3.99. The first-order chi connectivity index (χ1) is 3.93. The Kier molecular flexibility index (Phi) is 3.44. The highest BCUT2D eigenvalue weighted by Gasteiger charge is 1.79. The highest BCUT2D eigenvalue weighted by atomic mass is 14.9. The molecule has 0 spiro atoms. The summed E-state index contributed by atoms with van der Waals surface area (Å²) in [5.74, 6) is 0.910. The van der Waals surface area contributed by atoms with Gasteiger partial charge in [0.15, 0.2) is 0 Å². The number of nitrogens with one attached hydrogen (secondary N) is 1. The van der Waals surface area contributed by atoms with Crippen molar-refractivity contribution in [3.8, 4) is 0 Å². The molecular weight excluding hydrogens is 112 g/mol. The lowest BCUT2D eigenvalue weighted by Gasteiger charge is -1.92. The SMILES string of the molecule is C.CNc1ccccn1. The lowest BCUT2D eigenvalue weighted by Crippen LogP contribution is -1.88. The Morgan fingerprint density at radius 3 is 2.56 bits per heavy atom. The van der Waals surface area contributed by atoms with E-state index in [1.807, 2.05) is 25.2 Å². The number of rotatable bonds is 1. The normalized spacial score (nSPS) is 7.67.